The summed E-state index contributed by atoms with van der Waals surface area (Å²) in [7, 11) is 1.47. The largest absolute Gasteiger partial charge is 0.478 e. The van der Waals surface area contributed by atoms with E-state index < -0.39 is 10.9 Å². The van der Waals surface area contributed by atoms with Crippen LogP contribution in [0.3, 0.4) is 0 Å². The van der Waals surface area contributed by atoms with Crippen LogP contribution < -0.4 is 4.84 Å². The van der Waals surface area contributed by atoms with Crippen molar-refractivity contribution < 1.29 is 19.7 Å². The Morgan fingerprint density at radius 2 is 2.05 bits per heavy atom. The zero-order chi connectivity index (χ0) is 16.0. The van der Waals surface area contributed by atoms with Gasteiger partial charge in [-0.3, -0.25) is 10.1 Å². The highest BCUT2D eigenvalue weighted by Gasteiger charge is 2.21. The Morgan fingerprint density at radius 1 is 1.32 bits per heavy atom. The number of carboxylic acids is 1. The topological polar surface area (TPSA) is 94.6 Å². The Kier molecular flexibility index (Phi) is 2.98. The molecule has 22 heavy (non-hydrogen) atoms. The molecule has 0 amide bonds. The van der Waals surface area contributed by atoms with Crippen molar-refractivity contribution in [3.63, 3.8) is 0 Å². The first kappa shape index (κ1) is 13.9. The maximum atomic E-state index is 11.5. The highest BCUT2D eigenvalue weighted by atomic mass is 16.6. The van der Waals surface area contributed by atoms with Crippen LogP contribution in [0.4, 0.5) is 5.69 Å². The van der Waals surface area contributed by atoms with E-state index in [0.29, 0.717) is 21.8 Å². The van der Waals surface area contributed by atoms with Gasteiger partial charge in [-0.2, -0.15) is 4.73 Å². The van der Waals surface area contributed by atoms with Gasteiger partial charge in [0.1, 0.15) is 7.11 Å². The van der Waals surface area contributed by atoms with Gasteiger partial charge in [-0.05, 0) is 24.6 Å². The standard InChI is InChI=1S/C15H12N2O5/c1-8-3-5-10(15(18)19)13-11-7-9(17(20)21)4-6-12(11)16(22-2)14(8)13/h3-7H,1-2H3,(H,18,19). The fourth-order valence-electron chi connectivity index (χ4n) is 2.73. The number of non-ortho nitro benzene ring substituents is 1. The van der Waals surface area contributed by atoms with Crippen LogP contribution in [0.1, 0.15) is 15.9 Å². The van der Waals surface area contributed by atoms with Gasteiger partial charge in [0.05, 0.1) is 21.5 Å². The minimum atomic E-state index is -1.09. The molecule has 1 N–H and O–H groups in total. The SMILES string of the molecule is COn1c2ccc([N+](=O)[O-])cc2c2c(C(=O)O)ccc(C)c21. The number of aromatic nitrogens is 1. The second kappa shape index (κ2) is 4.73. The number of benzene rings is 2. The predicted molar refractivity (Wildman–Crippen MR) is 80.3 cm³/mol. The molecule has 0 saturated carbocycles. The summed E-state index contributed by atoms with van der Waals surface area (Å²) < 4.78 is 1.50. The number of carboxylic acid groups (broad SMARTS) is 1. The van der Waals surface area contributed by atoms with E-state index in [1.54, 1.807) is 12.1 Å². The zero-order valence-electron chi connectivity index (χ0n) is 11.9. The van der Waals surface area contributed by atoms with Crippen LogP contribution in [0.25, 0.3) is 21.8 Å². The summed E-state index contributed by atoms with van der Waals surface area (Å²) in [6, 6.07) is 7.49. The van der Waals surface area contributed by atoms with Gasteiger partial charge in [-0.25, -0.2) is 4.79 Å². The van der Waals surface area contributed by atoms with Gasteiger partial charge < -0.3 is 9.94 Å². The maximum absolute atomic E-state index is 11.5. The average Bonchev–Trinajstić information content (AvgIpc) is 2.81. The van der Waals surface area contributed by atoms with Gasteiger partial charge in [0, 0.05) is 22.9 Å². The Morgan fingerprint density at radius 3 is 2.64 bits per heavy atom. The number of nitro groups is 1. The van der Waals surface area contributed by atoms with E-state index in [1.807, 2.05) is 6.92 Å². The van der Waals surface area contributed by atoms with E-state index in [-0.39, 0.29) is 11.3 Å². The van der Waals surface area contributed by atoms with Crippen LogP contribution in [0.5, 0.6) is 0 Å². The Balaban J connectivity index is 2.60. The minimum Gasteiger partial charge on any atom is -0.478 e. The number of nitrogens with zero attached hydrogens (tertiary/aromatic N) is 2. The molecule has 0 aliphatic rings. The molecule has 0 saturated heterocycles. The number of aromatic carboxylic acids is 1. The number of hydrogen-bond acceptors (Lipinski definition) is 4. The molecule has 2 aromatic carbocycles. The summed E-state index contributed by atoms with van der Waals surface area (Å²) in [5.41, 5.74) is 1.99. The Bertz CT molecular complexity index is 942. The highest BCUT2D eigenvalue weighted by molar-refractivity contribution is 6.17. The van der Waals surface area contributed by atoms with Crippen molar-refractivity contribution >= 4 is 33.5 Å². The van der Waals surface area contributed by atoms with Crippen LogP contribution in [0.2, 0.25) is 0 Å². The first-order chi connectivity index (χ1) is 10.5. The van der Waals surface area contributed by atoms with Crippen molar-refractivity contribution in [2.45, 2.75) is 6.92 Å². The molecule has 7 nitrogen and oxygen atoms in total. The fraction of sp³-hybridized carbons (Fsp3) is 0.133. The lowest BCUT2D eigenvalue weighted by atomic mass is 10.0. The van der Waals surface area contributed by atoms with Gasteiger partial charge in [0.25, 0.3) is 5.69 Å². The van der Waals surface area contributed by atoms with Crippen LogP contribution in [0.15, 0.2) is 30.3 Å². The van der Waals surface area contributed by atoms with Crippen LogP contribution in [-0.4, -0.2) is 27.8 Å². The smallest absolute Gasteiger partial charge is 0.336 e. The summed E-state index contributed by atoms with van der Waals surface area (Å²) in [5, 5.41) is 21.3. The lowest BCUT2D eigenvalue weighted by Gasteiger charge is -2.07. The Labute approximate surface area is 124 Å². The van der Waals surface area contributed by atoms with E-state index in [2.05, 4.69) is 0 Å². The molecule has 0 fully saturated rings. The van der Waals surface area contributed by atoms with Gasteiger partial charge >= 0.3 is 5.97 Å². The highest BCUT2D eigenvalue weighted by Crippen LogP contribution is 2.35. The van der Waals surface area contributed by atoms with E-state index in [9.17, 15) is 20.0 Å². The number of carbonyl (C=O) groups is 1. The molecular formula is C15H12N2O5. The first-order valence-corrected chi connectivity index (χ1v) is 6.45. The Hall–Kier alpha value is -3.09. The van der Waals surface area contributed by atoms with Crippen molar-refractivity contribution in [2.75, 3.05) is 7.11 Å². The first-order valence-electron chi connectivity index (χ1n) is 6.45. The van der Waals surface area contributed by atoms with Crippen LogP contribution in [0, 0.1) is 17.0 Å². The molecule has 7 heteroatoms. The van der Waals surface area contributed by atoms with Gasteiger partial charge in [-0.1, -0.05) is 6.07 Å². The molecule has 0 unspecified atom stereocenters. The molecule has 3 aromatic rings. The van der Waals surface area contributed by atoms with Crippen molar-refractivity contribution in [2.24, 2.45) is 0 Å². The molecule has 0 spiro atoms. The van der Waals surface area contributed by atoms with Crippen molar-refractivity contribution in [1.82, 2.24) is 4.73 Å². The molecule has 0 atom stereocenters. The molecule has 3 rings (SSSR count). The van der Waals surface area contributed by atoms with Gasteiger partial charge in [0.15, 0.2) is 0 Å². The molecule has 0 aliphatic carbocycles. The second-order valence-electron chi connectivity index (χ2n) is 4.89. The second-order valence-corrected chi connectivity index (χ2v) is 4.89. The van der Waals surface area contributed by atoms with Crippen LogP contribution in [-0.2, 0) is 0 Å². The minimum absolute atomic E-state index is 0.0851. The molecular weight excluding hydrogens is 288 g/mol. The lowest BCUT2D eigenvalue weighted by Crippen LogP contribution is -2.06. The number of aryl methyl sites for hydroxylation is 1. The summed E-state index contributed by atoms with van der Waals surface area (Å²) >= 11 is 0. The van der Waals surface area contributed by atoms with Crippen molar-refractivity contribution in [1.29, 1.82) is 0 Å². The quantitative estimate of drug-likeness (QED) is 0.593. The van der Waals surface area contributed by atoms with E-state index in [0.717, 1.165) is 5.56 Å². The summed E-state index contributed by atoms with van der Waals surface area (Å²) in [5.74, 6) is -1.09. The molecule has 1 heterocycles. The normalized spacial score (nSPS) is 11.0. The van der Waals surface area contributed by atoms with Gasteiger partial charge in [0.2, 0.25) is 0 Å². The summed E-state index contributed by atoms with van der Waals surface area (Å²) in [6.07, 6.45) is 0. The number of fused-ring (bicyclic) bond motifs is 3. The van der Waals surface area contributed by atoms with Crippen molar-refractivity contribution in [3.8, 4) is 0 Å². The van der Waals surface area contributed by atoms with E-state index in [4.69, 9.17) is 4.84 Å². The molecule has 0 aliphatic heterocycles. The summed E-state index contributed by atoms with van der Waals surface area (Å²) in [6.45, 7) is 1.83. The third kappa shape index (κ3) is 1.79. The molecule has 112 valence electrons. The molecule has 0 bridgehead atoms. The van der Waals surface area contributed by atoms with E-state index >= 15 is 0 Å². The third-order valence-corrected chi connectivity index (χ3v) is 3.67. The van der Waals surface area contributed by atoms with Crippen molar-refractivity contribution in [3.05, 3.63) is 51.6 Å². The third-order valence-electron chi connectivity index (χ3n) is 3.67. The number of nitro benzene ring substituents is 1. The molecule has 0 radical (unpaired) electrons. The predicted octanol–water partition coefficient (Wildman–Crippen LogP) is 2.77. The van der Waals surface area contributed by atoms with Gasteiger partial charge in [-0.15, -0.1) is 0 Å². The monoisotopic (exact) mass is 300 g/mol. The maximum Gasteiger partial charge on any atom is 0.336 e. The van der Waals surface area contributed by atoms with Crippen LogP contribution >= 0.6 is 0 Å². The fourth-order valence-corrected chi connectivity index (χ4v) is 2.73. The summed E-state index contributed by atoms with van der Waals surface area (Å²) in [4.78, 5) is 27.3. The molecule has 1 aromatic heterocycles. The van der Waals surface area contributed by atoms with E-state index in [1.165, 1.54) is 30.0 Å². The zero-order valence-corrected chi connectivity index (χ0v) is 11.9. The lowest BCUT2D eigenvalue weighted by molar-refractivity contribution is -0.384. The number of rotatable bonds is 3. The average molecular weight is 300 g/mol. The number of hydrogen-bond donors (Lipinski definition) is 1.